The number of nitrogens with zero attached hydrogens (tertiary/aromatic N) is 2. The van der Waals surface area contributed by atoms with Crippen LogP contribution < -0.4 is 0 Å². The van der Waals surface area contributed by atoms with Crippen molar-refractivity contribution in [2.24, 2.45) is 10.2 Å². The van der Waals surface area contributed by atoms with Crippen molar-refractivity contribution < 1.29 is 8.42 Å². The minimum absolute atomic E-state index is 0.799. The highest BCUT2D eigenvalue weighted by molar-refractivity contribution is 8.16. The van der Waals surface area contributed by atoms with Crippen molar-refractivity contribution >= 4 is 20.9 Å². The molecule has 1 aliphatic rings. The summed E-state index contributed by atoms with van der Waals surface area (Å²) in [4.78, 5) is 0. The molecule has 1 aliphatic heterocycles. The van der Waals surface area contributed by atoms with Crippen LogP contribution in [0.5, 0.6) is 0 Å². The van der Waals surface area contributed by atoms with Crippen molar-refractivity contribution in [1.82, 2.24) is 0 Å². The molecule has 0 fully saturated rings. The van der Waals surface area contributed by atoms with Gasteiger partial charge in [-0.3, -0.25) is 0 Å². The first-order valence-electron chi connectivity index (χ1n) is 1.52. The summed E-state index contributed by atoms with van der Waals surface area (Å²) in [6, 6.07) is 0. The van der Waals surface area contributed by atoms with Gasteiger partial charge in [-0.05, 0) is 0 Å². The molecule has 0 saturated carbocycles. The highest BCUT2D eigenvalue weighted by atomic mass is 32.2. The molecule has 1 heterocycles. The zero-order valence-corrected chi connectivity index (χ0v) is 4.09. The van der Waals surface area contributed by atoms with Crippen LogP contribution in [0, 0.1) is 0 Å². The summed E-state index contributed by atoms with van der Waals surface area (Å²) in [5.74, 6) is 0. The SMILES string of the molecule is O=S1(=O)C=NN=C1. The Hall–Kier alpha value is -0.710. The highest BCUT2D eigenvalue weighted by Crippen LogP contribution is 1.87. The van der Waals surface area contributed by atoms with Crippen molar-refractivity contribution in [3.63, 3.8) is 0 Å². The minimum Gasteiger partial charge on any atom is -0.216 e. The molecule has 0 radical (unpaired) electrons. The van der Waals surface area contributed by atoms with Gasteiger partial charge in [0.2, 0.25) is 9.84 Å². The topological polar surface area (TPSA) is 58.9 Å². The molecule has 0 bridgehead atoms. The molecule has 4 nitrogen and oxygen atoms in total. The van der Waals surface area contributed by atoms with Crippen LogP contribution in [0.25, 0.3) is 0 Å². The molecule has 1 rings (SSSR count). The quantitative estimate of drug-likeness (QED) is 0.426. The summed E-state index contributed by atoms with van der Waals surface area (Å²) in [6.45, 7) is 0. The third kappa shape index (κ3) is 0.833. The van der Waals surface area contributed by atoms with Crippen LogP contribution in [0.4, 0.5) is 0 Å². The molecule has 0 saturated heterocycles. The predicted octanol–water partition coefficient (Wildman–Crippen LogP) is -0.614. The van der Waals surface area contributed by atoms with Crippen molar-refractivity contribution in [1.29, 1.82) is 0 Å². The molecule has 0 aromatic carbocycles. The number of rotatable bonds is 0. The molecule has 0 aromatic heterocycles. The van der Waals surface area contributed by atoms with Gasteiger partial charge in [-0.2, -0.15) is 0 Å². The highest BCUT2D eigenvalue weighted by Gasteiger charge is 2.04. The monoisotopic (exact) mass is 118 g/mol. The predicted molar refractivity (Wildman–Crippen MR) is 25.9 cm³/mol. The average Bonchev–Trinajstić information content (AvgIpc) is 1.84. The second-order valence-corrected chi connectivity index (χ2v) is 2.63. The summed E-state index contributed by atoms with van der Waals surface area (Å²) in [5.41, 5.74) is 1.60. The van der Waals surface area contributed by atoms with Crippen LogP contribution in [0.3, 0.4) is 0 Å². The Morgan fingerprint density at radius 2 is 1.57 bits per heavy atom. The first-order valence-corrected chi connectivity index (χ1v) is 3.13. The van der Waals surface area contributed by atoms with E-state index in [0.717, 1.165) is 11.1 Å². The zero-order valence-electron chi connectivity index (χ0n) is 3.27. The largest absolute Gasteiger partial charge is 0.230 e. The van der Waals surface area contributed by atoms with E-state index in [4.69, 9.17) is 0 Å². The van der Waals surface area contributed by atoms with Gasteiger partial charge in [0.15, 0.2) is 0 Å². The molecular weight excluding hydrogens is 116 g/mol. The molecule has 7 heavy (non-hydrogen) atoms. The Labute approximate surface area is 40.5 Å². The van der Waals surface area contributed by atoms with Gasteiger partial charge < -0.3 is 0 Å². The summed E-state index contributed by atoms with van der Waals surface area (Å²) in [7, 11) is -3.13. The molecule has 0 unspecified atom stereocenters. The third-order valence-corrected chi connectivity index (χ3v) is 1.23. The van der Waals surface area contributed by atoms with E-state index < -0.39 is 9.84 Å². The maximum Gasteiger partial charge on any atom is 0.230 e. The maximum absolute atomic E-state index is 10.1. The fraction of sp³-hybridized carbons (Fsp3) is 0. The lowest BCUT2D eigenvalue weighted by atomic mass is 11.6. The smallest absolute Gasteiger partial charge is 0.216 e. The van der Waals surface area contributed by atoms with E-state index in [0.29, 0.717) is 0 Å². The Morgan fingerprint density at radius 1 is 1.14 bits per heavy atom. The lowest BCUT2D eigenvalue weighted by Gasteiger charge is -1.68. The normalized spacial score (nSPS) is 23.4. The number of hydrogen-bond acceptors (Lipinski definition) is 4. The van der Waals surface area contributed by atoms with Gasteiger partial charge in [0.1, 0.15) is 11.1 Å². The van der Waals surface area contributed by atoms with E-state index in [1.165, 1.54) is 0 Å². The molecule has 0 aromatic rings. The fourth-order valence-corrected chi connectivity index (χ4v) is 0.639. The Morgan fingerprint density at radius 3 is 1.71 bits per heavy atom. The average molecular weight is 118 g/mol. The summed E-state index contributed by atoms with van der Waals surface area (Å²) in [6.07, 6.45) is 0. The van der Waals surface area contributed by atoms with Gasteiger partial charge in [0, 0.05) is 0 Å². The molecule has 0 atom stereocenters. The van der Waals surface area contributed by atoms with Crippen LogP contribution >= 0.6 is 0 Å². The molecule has 0 N–H and O–H groups in total. The Kier molecular flexibility index (Phi) is 0.717. The van der Waals surface area contributed by atoms with Crippen molar-refractivity contribution in [2.75, 3.05) is 0 Å². The van der Waals surface area contributed by atoms with Gasteiger partial charge in [0.05, 0.1) is 0 Å². The van der Waals surface area contributed by atoms with Gasteiger partial charge in [0.25, 0.3) is 0 Å². The second-order valence-electron chi connectivity index (χ2n) is 1.03. The first kappa shape index (κ1) is 4.45. The van der Waals surface area contributed by atoms with E-state index in [-0.39, 0.29) is 0 Å². The summed E-state index contributed by atoms with van der Waals surface area (Å²) >= 11 is 0. The second kappa shape index (κ2) is 1.13. The zero-order chi connectivity index (χ0) is 5.33. The van der Waals surface area contributed by atoms with Gasteiger partial charge in [-0.1, -0.05) is 0 Å². The van der Waals surface area contributed by atoms with Gasteiger partial charge in [-0.15, -0.1) is 10.2 Å². The fourth-order valence-electron chi connectivity index (χ4n) is 0.213. The minimum atomic E-state index is -3.13. The number of hydrogen-bond donors (Lipinski definition) is 0. The molecule has 0 spiro atoms. The van der Waals surface area contributed by atoms with Crippen molar-refractivity contribution in [3.05, 3.63) is 0 Å². The van der Waals surface area contributed by atoms with Gasteiger partial charge in [-0.25, -0.2) is 8.42 Å². The molecule has 5 heteroatoms. The standard InChI is InChI=1S/C2H2N2O2S/c5-7(6)1-3-4-2-7/h1-2H. The molecule has 0 aliphatic carbocycles. The van der Waals surface area contributed by atoms with Crippen LogP contribution in [-0.4, -0.2) is 19.5 Å². The molecule has 0 amide bonds. The van der Waals surface area contributed by atoms with E-state index in [9.17, 15) is 8.42 Å². The lowest BCUT2D eigenvalue weighted by Crippen LogP contribution is -1.95. The molecular formula is C2H2N2O2S. The Bertz CT molecular complexity index is 194. The number of sulfone groups is 1. The Balaban J connectivity index is 3.25. The molecule has 38 valence electrons. The summed E-state index contributed by atoms with van der Waals surface area (Å²) in [5, 5.41) is 6.19. The van der Waals surface area contributed by atoms with Gasteiger partial charge >= 0.3 is 0 Å². The van der Waals surface area contributed by atoms with E-state index in [1.54, 1.807) is 0 Å². The maximum atomic E-state index is 10.1. The third-order valence-electron chi connectivity index (χ3n) is 0.455. The van der Waals surface area contributed by atoms with Crippen LogP contribution in [-0.2, 0) is 9.84 Å². The van der Waals surface area contributed by atoms with Crippen molar-refractivity contribution in [2.45, 2.75) is 0 Å². The van der Waals surface area contributed by atoms with Crippen LogP contribution in [0.15, 0.2) is 10.2 Å². The van der Waals surface area contributed by atoms with Crippen LogP contribution in [0.1, 0.15) is 0 Å². The van der Waals surface area contributed by atoms with Crippen LogP contribution in [0.2, 0.25) is 0 Å². The van der Waals surface area contributed by atoms with E-state index in [2.05, 4.69) is 10.2 Å². The van der Waals surface area contributed by atoms with Crippen molar-refractivity contribution in [3.8, 4) is 0 Å². The summed E-state index contributed by atoms with van der Waals surface area (Å²) < 4.78 is 20.3. The first-order chi connectivity index (χ1) is 3.21. The van der Waals surface area contributed by atoms with E-state index in [1.807, 2.05) is 0 Å². The van der Waals surface area contributed by atoms with E-state index >= 15 is 0 Å². The lowest BCUT2D eigenvalue weighted by molar-refractivity contribution is 0.619.